The summed E-state index contributed by atoms with van der Waals surface area (Å²) in [7, 11) is 0. The molecular weight excluding hydrogens is 384 g/mol. The fourth-order valence-corrected chi connectivity index (χ4v) is 5.41. The molecule has 3 aromatic rings. The number of likely N-dealkylation sites (tertiary alicyclic amines) is 1. The van der Waals surface area contributed by atoms with Crippen LogP contribution >= 0.6 is 0 Å². The van der Waals surface area contributed by atoms with Gasteiger partial charge in [-0.2, -0.15) is 5.26 Å². The molecule has 0 amide bonds. The van der Waals surface area contributed by atoms with E-state index in [1.807, 2.05) is 6.07 Å². The van der Waals surface area contributed by atoms with Gasteiger partial charge < -0.3 is 14.8 Å². The van der Waals surface area contributed by atoms with Crippen molar-refractivity contribution in [3.63, 3.8) is 0 Å². The predicted molar refractivity (Wildman–Crippen MR) is 123 cm³/mol. The van der Waals surface area contributed by atoms with Crippen LogP contribution in [0.15, 0.2) is 54.7 Å². The van der Waals surface area contributed by atoms with E-state index in [-0.39, 0.29) is 5.54 Å². The highest BCUT2D eigenvalue weighted by atomic mass is 16.1. The van der Waals surface area contributed by atoms with Gasteiger partial charge in [-0.25, -0.2) is 0 Å². The summed E-state index contributed by atoms with van der Waals surface area (Å²) in [6, 6.07) is 19.0. The highest BCUT2D eigenvalue weighted by molar-refractivity contribution is 5.95. The van der Waals surface area contributed by atoms with Crippen LogP contribution in [-0.2, 0) is 11.2 Å². The molecule has 5 rings (SSSR count). The van der Waals surface area contributed by atoms with Crippen LogP contribution < -0.4 is 4.90 Å². The lowest BCUT2D eigenvalue weighted by atomic mass is 9.83. The molecule has 1 aromatic heterocycles. The second-order valence-corrected chi connectivity index (χ2v) is 8.83. The normalized spacial score (nSPS) is 18.7. The number of fused-ring (bicyclic) bond motifs is 1. The Morgan fingerprint density at radius 1 is 1.06 bits per heavy atom. The number of ketones is 1. The zero-order valence-electron chi connectivity index (χ0n) is 17.8. The Morgan fingerprint density at radius 3 is 2.65 bits per heavy atom. The number of para-hydroxylation sites is 1. The Morgan fingerprint density at radius 2 is 1.87 bits per heavy atom. The number of H-pyrrole nitrogens is 1. The van der Waals surface area contributed by atoms with Crippen molar-refractivity contribution < 1.29 is 4.79 Å². The Bertz CT molecular complexity index is 1120. The first-order valence-electron chi connectivity index (χ1n) is 11.3. The number of Topliss-reactive ketones (excluding diaryl/α,β-unsaturated/α-hetero) is 1. The van der Waals surface area contributed by atoms with Gasteiger partial charge in [0, 0.05) is 48.8 Å². The van der Waals surface area contributed by atoms with E-state index in [2.05, 4.69) is 63.3 Å². The molecule has 2 fully saturated rings. The van der Waals surface area contributed by atoms with Crippen molar-refractivity contribution in [1.29, 1.82) is 5.26 Å². The molecule has 1 N–H and O–H groups in total. The van der Waals surface area contributed by atoms with E-state index in [4.69, 9.17) is 0 Å². The maximum absolute atomic E-state index is 12.9. The molecule has 2 aliphatic rings. The summed E-state index contributed by atoms with van der Waals surface area (Å²) in [5, 5.41) is 10.3. The molecule has 2 saturated heterocycles. The summed E-state index contributed by atoms with van der Waals surface area (Å²) < 4.78 is 0. The number of benzene rings is 2. The van der Waals surface area contributed by atoms with Gasteiger partial charge in [0.15, 0.2) is 5.78 Å². The molecule has 5 nitrogen and oxygen atoms in total. The molecule has 2 aromatic carbocycles. The Labute approximate surface area is 183 Å². The van der Waals surface area contributed by atoms with Gasteiger partial charge in [0.2, 0.25) is 0 Å². The van der Waals surface area contributed by atoms with Crippen molar-refractivity contribution in [1.82, 2.24) is 9.88 Å². The molecule has 0 saturated carbocycles. The highest BCUT2D eigenvalue weighted by Gasteiger charge is 2.49. The number of nitriles is 1. The summed E-state index contributed by atoms with van der Waals surface area (Å²) in [5.41, 5.74) is 3.88. The van der Waals surface area contributed by atoms with Gasteiger partial charge in [-0.15, -0.1) is 0 Å². The van der Waals surface area contributed by atoms with Crippen molar-refractivity contribution in [2.45, 2.75) is 37.6 Å². The van der Waals surface area contributed by atoms with Crippen molar-refractivity contribution in [3.05, 3.63) is 65.9 Å². The van der Waals surface area contributed by atoms with E-state index >= 15 is 0 Å². The number of nitrogens with zero attached hydrogens (tertiary/aromatic N) is 3. The van der Waals surface area contributed by atoms with Gasteiger partial charge in [0.1, 0.15) is 11.6 Å². The second kappa shape index (κ2) is 8.20. The largest absolute Gasteiger partial charge is 0.360 e. The molecule has 5 heteroatoms. The van der Waals surface area contributed by atoms with Crippen LogP contribution in [0.3, 0.4) is 0 Å². The molecule has 0 radical (unpaired) electrons. The van der Waals surface area contributed by atoms with Gasteiger partial charge in [0.25, 0.3) is 0 Å². The molecule has 0 atom stereocenters. The van der Waals surface area contributed by atoms with Gasteiger partial charge in [0.05, 0.1) is 5.56 Å². The lowest BCUT2D eigenvalue weighted by Gasteiger charge is -2.44. The van der Waals surface area contributed by atoms with Crippen LogP contribution in [0.4, 0.5) is 5.69 Å². The SMILES string of the molecule is N#Cc1c[nH]c2ccc(CCCN3CCC4(CC3)C(=O)CCN4c3ccccc3)cc12. The number of carbonyl (C=O) groups excluding carboxylic acids is 1. The van der Waals surface area contributed by atoms with E-state index in [0.717, 1.165) is 62.8 Å². The fraction of sp³-hybridized carbons (Fsp3) is 0.385. The fourth-order valence-electron chi connectivity index (χ4n) is 5.41. The van der Waals surface area contributed by atoms with Crippen LogP contribution in [0.25, 0.3) is 10.9 Å². The average molecular weight is 413 g/mol. The topological polar surface area (TPSA) is 63.1 Å². The minimum atomic E-state index is -0.301. The van der Waals surface area contributed by atoms with E-state index < -0.39 is 0 Å². The van der Waals surface area contributed by atoms with Crippen molar-refractivity contribution in [2.24, 2.45) is 0 Å². The quantitative estimate of drug-likeness (QED) is 0.679. The van der Waals surface area contributed by atoms with Gasteiger partial charge in [-0.1, -0.05) is 24.3 Å². The van der Waals surface area contributed by atoms with E-state index in [1.165, 1.54) is 11.3 Å². The summed E-state index contributed by atoms with van der Waals surface area (Å²) in [6.45, 7) is 3.84. The summed E-state index contributed by atoms with van der Waals surface area (Å²) >= 11 is 0. The number of rotatable bonds is 5. The zero-order chi connectivity index (χ0) is 21.3. The van der Waals surface area contributed by atoms with Crippen LogP contribution in [-0.4, -0.2) is 47.4 Å². The first kappa shape index (κ1) is 19.8. The number of piperidine rings is 1. The summed E-state index contributed by atoms with van der Waals surface area (Å²) in [5.74, 6) is 0.420. The van der Waals surface area contributed by atoms with Crippen molar-refractivity contribution in [3.8, 4) is 6.07 Å². The standard InChI is InChI=1S/C26H28N4O/c27-18-21-19-28-24-9-8-20(17-23(21)24)5-4-13-29-15-11-26(12-16-29)25(31)10-14-30(26)22-6-2-1-3-7-22/h1-3,6-9,17,19,28H,4-5,10-16H2. The van der Waals surface area contributed by atoms with E-state index in [1.54, 1.807) is 6.20 Å². The number of hydrogen-bond donors (Lipinski definition) is 1. The predicted octanol–water partition coefficient (Wildman–Crippen LogP) is 4.29. The smallest absolute Gasteiger partial charge is 0.160 e. The van der Waals surface area contributed by atoms with Gasteiger partial charge in [-0.05, 0) is 62.1 Å². The Kier molecular flexibility index (Phi) is 5.25. The minimum Gasteiger partial charge on any atom is -0.360 e. The molecular formula is C26H28N4O. The van der Waals surface area contributed by atoms with Crippen LogP contribution in [0.5, 0.6) is 0 Å². The average Bonchev–Trinajstić information content (AvgIpc) is 3.36. The number of aromatic amines is 1. The molecule has 158 valence electrons. The summed E-state index contributed by atoms with van der Waals surface area (Å²) in [4.78, 5) is 20.9. The first-order valence-corrected chi connectivity index (χ1v) is 11.3. The number of aryl methyl sites for hydroxylation is 1. The molecule has 1 spiro atoms. The molecule has 2 aliphatic heterocycles. The highest BCUT2D eigenvalue weighted by Crippen LogP contribution is 2.39. The first-order chi connectivity index (χ1) is 15.2. The monoisotopic (exact) mass is 412 g/mol. The number of nitrogens with one attached hydrogen (secondary N) is 1. The Balaban J connectivity index is 1.18. The van der Waals surface area contributed by atoms with Gasteiger partial charge >= 0.3 is 0 Å². The lowest BCUT2D eigenvalue weighted by Crippen LogP contribution is -2.56. The van der Waals surface area contributed by atoms with Crippen LogP contribution in [0.2, 0.25) is 0 Å². The van der Waals surface area contributed by atoms with Crippen LogP contribution in [0, 0.1) is 11.3 Å². The molecule has 31 heavy (non-hydrogen) atoms. The van der Waals surface area contributed by atoms with E-state index in [9.17, 15) is 10.1 Å². The lowest BCUT2D eigenvalue weighted by molar-refractivity contribution is -0.123. The van der Waals surface area contributed by atoms with Crippen molar-refractivity contribution >= 4 is 22.4 Å². The maximum Gasteiger partial charge on any atom is 0.160 e. The second-order valence-electron chi connectivity index (χ2n) is 8.83. The minimum absolute atomic E-state index is 0.301. The van der Waals surface area contributed by atoms with Gasteiger partial charge in [-0.3, -0.25) is 4.79 Å². The molecule has 0 bridgehead atoms. The van der Waals surface area contributed by atoms with E-state index in [0.29, 0.717) is 17.8 Å². The number of hydrogen-bond acceptors (Lipinski definition) is 4. The Hall–Kier alpha value is -3.10. The third-order valence-electron chi connectivity index (χ3n) is 7.16. The van der Waals surface area contributed by atoms with Crippen molar-refractivity contribution in [2.75, 3.05) is 31.1 Å². The third-order valence-corrected chi connectivity index (χ3v) is 7.16. The van der Waals surface area contributed by atoms with Crippen LogP contribution in [0.1, 0.15) is 36.8 Å². The number of carbonyl (C=O) groups is 1. The molecule has 3 heterocycles. The molecule has 0 aliphatic carbocycles. The third kappa shape index (κ3) is 3.62. The maximum atomic E-state index is 12.9. The molecule has 0 unspecified atom stereocenters. The number of aromatic nitrogens is 1. The zero-order valence-corrected chi connectivity index (χ0v) is 17.8. The summed E-state index contributed by atoms with van der Waals surface area (Å²) in [6.07, 6.45) is 6.37. The number of anilines is 1.